The normalized spacial score (nSPS) is 12.1. The molecule has 0 aliphatic heterocycles. The number of nitro benzene ring substituents is 1. The maximum atomic E-state index is 10.8. The molecule has 0 aliphatic rings. The Balaban J connectivity index is 2.83. The third-order valence-electron chi connectivity index (χ3n) is 2.90. The van der Waals surface area contributed by atoms with Crippen molar-refractivity contribution >= 4 is 11.4 Å². The number of nitrogens with zero attached hydrogens (tertiary/aromatic N) is 3. The summed E-state index contributed by atoms with van der Waals surface area (Å²) in [6.07, 6.45) is 0. The molecule has 0 amide bonds. The van der Waals surface area contributed by atoms with Crippen LogP contribution in [-0.2, 0) is 6.54 Å². The van der Waals surface area contributed by atoms with E-state index < -0.39 is 4.92 Å². The first-order chi connectivity index (χ1) is 8.97. The molecule has 19 heavy (non-hydrogen) atoms. The van der Waals surface area contributed by atoms with Gasteiger partial charge in [0.1, 0.15) is 5.69 Å². The summed E-state index contributed by atoms with van der Waals surface area (Å²) in [7, 11) is 0. The molecule has 0 radical (unpaired) electrons. The van der Waals surface area contributed by atoms with Crippen molar-refractivity contribution in [1.82, 2.24) is 4.90 Å². The smallest absolute Gasteiger partial charge is 0.292 e. The third kappa shape index (κ3) is 4.23. The van der Waals surface area contributed by atoms with Gasteiger partial charge in [-0.2, -0.15) is 5.26 Å². The van der Waals surface area contributed by atoms with Gasteiger partial charge < -0.3 is 5.73 Å². The van der Waals surface area contributed by atoms with E-state index in [2.05, 4.69) is 11.0 Å². The first-order valence-corrected chi connectivity index (χ1v) is 6.12. The van der Waals surface area contributed by atoms with Crippen molar-refractivity contribution in [1.29, 1.82) is 5.26 Å². The second kappa shape index (κ2) is 6.71. The third-order valence-corrected chi connectivity index (χ3v) is 2.90. The number of nitrogen functional groups attached to an aromatic ring is 1. The highest BCUT2D eigenvalue weighted by molar-refractivity contribution is 5.59. The van der Waals surface area contributed by atoms with E-state index in [4.69, 9.17) is 11.0 Å². The number of nitro groups is 1. The Labute approximate surface area is 112 Å². The lowest BCUT2D eigenvalue weighted by Gasteiger charge is -2.21. The van der Waals surface area contributed by atoms with Crippen LogP contribution in [0.15, 0.2) is 18.2 Å². The first-order valence-electron chi connectivity index (χ1n) is 6.12. The number of rotatable bonds is 6. The highest BCUT2D eigenvalue weighted by atomic mass is 16.6. The average molecular weight is 262 g/mol. The molecule has 1 rings (SSSR count). The van der Waals surface area contributed by atoms with Gasteiger partial charge in [0.05, 0.1) is 16.9 Å². The van der Waals surface area contributed by atoms with Crippen LogP contribution in [0.3, 0.4) is 0 Å². The highest BCUT2D eigenvalue weighted by Gasteiger charge is 2.14. The van der Waals surface area contributed by atoms with Gasteiger partial charge >= 0.3 is 0 Å². The summed E-state index contributed by atoms with van der Waals surface area (Å²) in [4.78, 5) is 12.4. The van der Waals surface area contributed by atoms with E-state index in [1.165, 1.54) is 6.07 Å². The van der Waals surface area contributed by atoms with Crippen LogP contribution in [0.25, 0.3) is 0 Å². The summed E-state index contributed by atoms with van der Waals surface area (Å²) in [6, 6.07) is 7.01. The van der Waals surface area contributed by atoms with Gasteiger partial charge in [0.25, 0.3) is 5.69 Å². The molecule has 1 aromatic carbocycles. The van der Waals surface area contributed by atoms with Gasteiger partial charge in [-0.3, -0.25) is 15.0 Å². The molecule has 0 saturated carbocycles. The SMILES string of the molecule is CCN(Cc1ccc(N)c([N+](=O)[O-])c1)CC(C)C#N. The zero-order chi connectivity index (χ0) is 14.4. The largest absolute Gasteiger partial charge is 0.393 e. The molecule has 6 heteroatoms. The minimum Gasteiger partial charge on any atom is -0.393 e. The standard InChI is InChI=1S/C13H18N4O2/c1-3-16(8-10(2)7-14)9-11-4-5-12(15)13(6-11)17(18)19/h4-6,10H,3,8-9,15H2,1-2H3. The van der Waals surface area contributed by atoms with E-state index in [1.54, 1.807) is 12.1 Å². The number of hydrogen-bond donors (Lipinski definition) is 1. The molecule has 0 heterocycles. The number of anilines is 1. The zero-order valence-corrected chi connectivity index (χ0v) is 11.2. The van der Waals surface area contributed by atoms with Crippen LogP contribution < -0.4 is 5.73 Å². The van der Waals surface area contributed by atoms with Crippen molar-refractivity contribution < 1.29 is 4.92 Å². The molecule has 102 valence electrons. The molecule has 1 atom stereocenters. The van der Waals surface area contributed by atoms with Gasteiger partial charge in [0.2, 0.25) is 0 Å². The van der Waals surface area contributed by atoms with Crippen molar-refractivity contribution in [2.45, 2.75) is 20.4 Å². The molecular formula is C13H18N4O2. The maximum Gasteiger partial charge on any atom is 0.292 e. The predicted octanol–water partition coefficient (Wildman–Crippen LogP) is 2.16. The van der Waals surface area contributed by atoms with Crippen LogP contribution in [-0.4, -0.2) is 22.9 Å². The summed E-state index contributed by atoms with van der Waals surface area (Å²) < 4.78 is 0. The van der Waals surface area contributed by atoms with E-state index in [1.807, 2.05) is 13.8 Å². The molecule has 0 fully saturated rings. The lowest BCUT2D eigenvalue weighted by atomic mass is 10.1. The summed E-state index contributed by atoms with van der Waals surface area (Å²) in [5, 5.41) is 19.6. The fourth-order valence-corrected chi connectivity index (χ4v) is 1.84. The van der Waals surface area contributed by atoms with Gasteiger partial charge in [0, 0.05) is 19.2 Å². The monoisotopic (exact) mass is 262 g/mol. The van der Waals surface area contributed by atoms with Crippen molar-refractivity contribution in [2.75, 3.05) is 18.8 Å². The molecular weight excluding hydrogens is 244 g/mol. The van der Waals surface area contributed by atoms with Gasteiger partial charge in [-0.05, 0) is 25.1 Å². The molecule has 6 nitrogen and oxygen atoms in total. The Morgan fingerprint density at radius 1 is 1.58 bits per heavy atom. The van der Waals surface area contributed by atoms with Crippen LogP contribution in [0, 0.1) is 27.4 Å². The molecule has 1 unspecified atom stereocenters. The Kier molecular flexibility index (Phi) is 5.27. The minimum atomic E-state index is -0.479. The average Bonchev–Trinajstić information content (AvgIpc) is 2.39. The van der Waals surface area contributed by atoms with Crippen molar-refractivity contribution in [2.24, 2.45) is 5.92 Å². The van der Waals surface area contributed by atoms with Crippen molar-refractivity contribution in [3.63, 3.8) is 0 Å². The predicted molar refractivity (Wildman–Crippen MR) is 73.2 cm³/mol. The molecule has 0 bridgehead atoms. The van der Waals surface area contributed by atoms with Crippen molar-refractivity contribution in [3.8, 4) is 6.07 Å². The number of nitriles is 1. The van der Waals surface area contributed by atoms with Crippen LogP contribution in [0.2, 0.25) is 0 Å². The van der Waals surface area contributed by atoms with Crippen molar-refractivity contribution in [3.05, 3.63) is 33.9 Å². The highest BCUT2D eigenvalue weighted by Crippen LogP contribution is 2.23. The number of nitrogens with two attached hydrogens (primary N) is 1. The molecule has 0 spiro atoms. The fourth-order valence-electron chi connectivity index (χ4n) is 1.84. The van der Waals surface area contributed by atoms with Gasteiger partial charge in [0.15, 0.2) is 0 Å². The summed E-state index contributed by atoms with van der Waals surface area (Å²) in [5.74, 6) is -0.0660. The van der Waals surface area contributed by atoms with E-state index in [9.17, 15) is 10.1 Å². The lowest BCUT2D eigenvalue weighted by molar-refractivity contribution is -0.384. The molecule has 0 aliphatic carbocycles. The lowest BCUT2D eigenvalue weighted by Crippen LogP contribution is -2.27. The molecule has 0 aromatic heterocycles. The maximum absolute atomic E-state index is 10.8. The molecule has 1 aromatic rings. The topological polar surface area (TPSA) is 96.2 Å². The zero-order valence-electron chi connectivity index (χ0n) is 11.2. The Morgan fingerprint density at radius 2 is 2.26 bits per heavy atom. The van der Waals surface area contributed by atoms with Crippen LogP contribution in [0.4, 0.5) is 11.4 Å². The Morgan fingerprint density at radius 3 is 2.79 bits per heavy atom. The summed E-state index contributed by atoms with van der Waals surface area (Å²) in [5.41, 5.74) is 6.49. The fraction of sp³-hybridized carbons (Fsp3) is 0.462. The summed E-state index contributed by atoms with van der Waals surface area (Å²) in [6.45, 7) is 5.85. The second-order valence-electron chi connectivity index (χ2n) is 4.51. The number of benzene rings is 1. The quantitative estimate of drug-likeness (QED) is 0.481. The second-order valence-corrected chi connectivity index (χ2v) is 4.51. The van der Waals surface area contributed by atoms with Gasteiger partial charge in [-0.1, -0.05) is 13.0 Å². The van der Waals surface area contributed by atoms with Crippen LogP contribution >= 0.6 is 0 Å². The van der Waals surface area contributed by atoms with E-state index in [-0.39, 0.29) is 17.3 Å². The minimum absolute atomic E-state index is 0.0660. The van der Waals surface area contributed by atoms with Crippen LogP contribution in [0.5, 0.6) is 0 Å². The Hall–Kier alpha value is -2.13. The first kappa shape index (κ1) is 14.9. The molecule has 0 saturated heterocycles. The van der Waals surface area contributed by atoms with Gasteiger partial charge in [-0.15, -0.1) is 0 Å². The van der Waals surface area contributed by atoms with E-state index in [0.29, 0.717) is 13.1 Å². The van der Waals surface area contributed by atoms with E-state index >= 15 is 0 Å². The molecule has 2 N–H and O–H groups in total. The van der Waals surface area contributed by atoms with Crippen LogP contribution in [0.1, 0.15) is 19.4 Å². The van der Waals surface area contributed by atoms with E-state index in [0.717, 1.165) is 12.1 Å². The summed E-state index contributed by atoms with van der Waals surface area (Å²) >= 11 is 0. The number of hydrogen-bond acceptors (Lipinski definition) is 5. The Bertz CT molecular complexity index is 496. The van der Waals surface area contributed by atoms with Gasteiger partial charge in [-0.25, -0.2) is 0 Å².